The van der Waals surface area contributed by atoms with Crippen LogP contribution in [0.2, 0.25) is 0 Å². The van der Waals surface area contributed by atoms with Gasteiger partial charge < -0.3 is 18.6 Å². The van der Waals surface area contributed by atoms with Gasteiger partial charge in [-0.1, -0.05) is 11.6 Å². The van der Waals surface area contributed by atoms with Crippen molar-refractivity contribution in [2.45, 2.75) is 20.8 Å². The summed E-state index contributed by atoms with van der Waals surface area (Å²) in [7, 11) is 3.14. The summed E-state index contributed by atoms with van der Waals surface area (Å²) in [4.78, 5) is 12.7. The van der Waals surface area contributed by atoms with E-state index >= 15 is 0 Å². The smallest absolute Gasteiger partial charge is 0.344 e. The predicted octanol–water partition coefficient (Wildman–Crippen LogP) is 5.13. The van der Waals surface area contributed by atoms with Crippen LogP contribution in [0.25, 0.3) is 22.1 Å². The van der Waals surface area contributed by atoms with Crippen LogP contribution in [0.3, 0.4) is 0 Å². The first kappa shape index (κ1) is 19.5. The minimum absolute atomic E-state index is 0.393. The zero-order valence-electron chi connectivity index (χ0n) is 16.8. The summed E-state index contributed by atoms with van der Waals surface area (Å²) in [5.41, 5.74) is 3.36. The number of aryl methyl sites for hydroxylation is 1. The molecule has 3 aromatic rings. The van der Waals surface area contributed by atoms with Gasteiger partial charge in [-0.25, -0.2) is 4.79 Å². The maximum absolute atomic E-state index is 12.7. The van der Waals surface area contributed by atoms with Crippen molar-refractivity contribution in [2.24, 2.45) is 0 Å². The normalized spacial score (nSPS) is 10.6. The average molecular weight is 380 g/mol. The minimum Gasteiger partial charge on any atom is -0.493 e. The van der Waals surface area contributed by atoms with Crippen LogP contribution in [0.15, 0.2) is 57.3 Å². The standard InChI is InChI=1S/C23H24O5/c1-14(2)10-11-27-17-7-9-19-18(13-17)15(3)22(23(24)28-19)16-6-8-20(25-4)21(12-16)26-5/h6-10,12-13H,11H2,1-5H3. The first-order chi connectivity index (χ1) is 13.4. The lowest BCUT2D eigenvalue weighted by atomic mass is 9.99. The van der Waals surface area contributed by atoms with Crippen LogP contribution in [0.4, 0.5) is 0 Å². The molecular weight excluding hydrogens is 356 g/mol. The lowest BCUT2D eigenvalue weighted by Gasteiger charge is -2.12. The molecule has 1 aromatic heterocycles. The first-order valence-corrected chi connectivity index (χ1v) is 9.00. The van der Waals surface area contributed by atoms with Gasteiger partial charge in [-0.3, -0.25) is 0 Å². The molecule has 5 heteroatoms. The van der Waals surface area contributed by atoms with Crippen LogP contribution in [-0.2, 0) is 0 Å². The minimum atomic E-state index is -0.393. The van der Waals surface area contributed by atoms with Crippen molar-refractivity contribution >= 4 is 11.0 Å². The van der Waals surface area contributed by atoms with E-state index in [1.165, 1.54) is 5.57 Å². The van der Waals surface area contributed by atoms with Gasteiger partial charge in [-0.2, -0.15) is 0 Å². The Labute approximate surface area is 164 Å². The van der Waals surface area contributed by atoms with Crippen LogP contribution in [-0.4, -0.2) is 20.8 Å². The molecule has 0 N–H and O–H groups in total. The molecule has 2 aromatic carbocycles. The van der Waals surface area contributed by atoms with E-state index in [0.29, 0.717) is 34.8 Å². The number of fused-ring (bicyclic) bond motifs is 1. The van der Waals surface area contributed by atoms with Crippen molar-refractivity contribution in [2.75, 3.05) is 20.8 Å². The van der Waals surface area contributed by atoms with Crippen molar-refractivity contribution in [3.63, 3.8) is 0 Å². The van der Waals surface area contributed by atoms with E-state index in [9.17, 15) is 4.79 Å². The lowest BCUT2D eigenvalue weighted by molar-refractivity contribution is 0.355. The second-order valence-electron chi connectivity index (χ2n) is 6.71. The molecule has 0 aliphatic rings. The third-order valence-corrected chi connectivity index (χ3v) is 4.55. The highest BCUT2D eigenvalue weighted by Crippen LogP contribution is 2.34. The summed E-state index contributed by atoms with van der Waals surface area (Å²) < 4.78 is 22.0. The number of allylic oxidation sites excluding steroid dienone is 1. The molecule has 146 valence electrons. The fraction of sp³-hybridized carbons (Fsp3) is 0.261. The SMILES string of the molecule is COc1ccc(-c2c(C)c3cc(OCC=C(C)C)ccc3oc2=O)cc1OC. The predicted molar refractivity (Wildman–Crippen MR) is 111 cm³/mol. The van der Waals surface area contributed by atoms with Crippen LogP contribution in [0.5, 0.6) is 17.2 Å². The Morgan fingerprint density at radius 2 is 1.79 bits per heavy atom. The molecule has 0 atom stereocenters. The molecule has 0 saturated carbocycles. The summed E-state index contributed by atoms with van der Waals surface area (Å²) >= 11 is 0. The van der Waals surface area contributed by atoms with Gasteiger partial charge >= 0.3 is 5.63 Å². The Balaban J connectivity index is 2.10. The van der Waals surface area contributed by atoms with Gasteiger partial charge in [0.05, 0.1) is 19.8 Å². The largest absolute Gasteiger partial charge is 0.493 e. The van der Waals surface area contributed by atoms with Crippen molar-refractivity contribution in [3.05, 3.63) is 64.0 Å². The van der Waals surface area contributed by atoms with E-state index < -0.39 is 5.63 Å². The number of methoxy groups -OCH3 is 2. The van der Waals surface area contributed by atoms with E-state index in [4.69, 9.17) is 18.6 Å². The maximum atomic E-state index is 12.7. The van der Waals surface area contributed by atoms with E-state index in [-0.39, 0.29) is 0 Å². The second kappa shape index (κ2) is 8.21. The number of rotatable bonds is 6. The van der Waals surface area contributed by atoms with Gasteiger partial charge in [0.25, 0.3) is 0 Å². The Morgan fingerprint density at radius 3 is 2.46 bits per heavy atom. The summed E-state index contributed by atoms with van der Waals surface area (Å²) in [6, 6.07) is 10.8. The quantitative estimate of drug-likeness (QED) is 0.438. The van der Waals surface area contributed by atoms with Gasteiger partial charge in [-0.15, -0.1) is 0 Å². The Hall–Kier alpha value is -3.21. The Kier molecular flexibility index (Phi) is 5.73. The van der Waals surface area contributed by atoms with Crippen LogP contribution < -0.4 is 19.8 Å². The molecule has 0 fully saturated rings. The highest BCUT2D eigenvalue weighted by Gasteiger charge is 2.16. The van der Waals surface area contributed by atoms with Crippen LogP contribution >= 0.6 is 0 Å². The molecule has 28 heavy (non-hydrogen) atoms. The Bertz CT molecular complexity index is 1090. The summed E-state index contributed by atoms with van der Waals surface area (Å²) in [5, 5.41) is 0.832. The molecule has 0 amide bonds. The maximum Gasteiger partial charge on any atom is 0.344 e. The highest BCUT2D eigenvalue weighted by molar-refractivity contribution is 5.88. The monoisotopic (exact) mass is 380 g/mol. The van der Waals surface area contributed by atoms with Crippen molar-refractivity contribution in [1.82, 2.24) is 0 Å². The molecule has 0 saturated heterocycles. The molecule has 1 heterocycles. The number of benzene rings is 2. The van der Waals surface area contributed by atoms with Crippen molar-refractivity contribution in [3.8, 4) is 28.4 Å². The summed E-state index contributed by atoms with van der Waals surface area (Å²) in [6.07, 6.45) is 2.01. The second-order valence-corrected chi connectivity index (χ2v) is 6.71. The first-order valence-electron chi connectivity index (χ1n) is 9.00. The molecule has 5 nitrogen and oxygen atoms in total. The lowest BCUT2D eigenvalue weighted by Crippen LogP contribution is -2.06. The molecule has 0 spiro atoms. The zero-order chi connectivity index (χ0) is 20.3. The summed E-state index contributed by atoms with van der Waals surface area (Å²) in [6.45, 7) is 6.45. The topological polar surface area (TPSA) is 57.9 Å². The van der Waals surface area contributed by atoms with Crippen LogP contribution in [0, 0.1) is 6.92 Å². The highest BCUT2D eigenvalue weighted by atomic mass is 16.5. The van der Waals surface area contributed by atoms with Crippen molar-refractivity contribution < 1.29 is 18.6 Å². The molecule has 3 rings (SSSR count). The van der Waals surface area contributed by atoms with E-state index in [1.54, 1.807) is 38.5 Å². The van der Waals surface area contributed by atoms with Gasteiger partial charge in [0.15, 0.2) is 11.5 Å². The van der Waals surface area contributed by atoms with Gasteiger partial charge in [0.2, 0.25) is 0 Å². The molecule has 0 aliphatic heterocycles. The third-order valence-electron chi connectivity index (χ3n) is 4.55. The number of hydrogen-bond donors (Lipinski definition) is 0. The van der Waals surface area contributed by atoms with Crippen LogP contribution in [0.1, 0.15) is 19.4 Å². The Morgan fingerprint density at radius 1 is 1.04 bits per heavy atom. The fourth-order valence-corrected chi connectivity index (χ4v) is 3.05. The van der Waals surface area contributed by atoms with E-state index in [0.717, 1.165) is 16.7 Å². The molecule has 0 bridgehead atoms. The van der Waals surface area contributed by atoms with Gasteiger partial charge in [0.1, 0.15) is 17.9 Å². The third kappa shape index (κ3) is 3.88. The van der Waals surface area contributed by atoms with E-state index in [1.807, 2.05) is 39.0 Å². The molecule has 0 unspecified atom stereocenters. The molecular formula is C23H24O5. The number of hydrogen-bond acceptors (Lipinski definition) is 5. The average Bonchev–Trinajstić information content (AvgIpc) is 2.68. The molecule has 0 radical (unpaired) electrons. The fourth-order valence-electron chi connectivity index (χ4n) is 3.05. The summed E-state index contributed by atoms with van der Waals surface area (Å²) in [5.74, 6) is 1.88. The van der Waals surface area contributed by atoms with Gasteiger partial charge in [0, 0.05) is 5.39 Å². The van der Waals surface area contributed by atoms with Crippen molar-refractivity contribution in [1.29, 1.82) is 0 Å². The van der Waals surface area contributed by atoms with Gasteiger partial charge in [-0.05, 0) is 68.3 Å². The zero-order valence-corrected chi connectivity index (χ0v) is 16.8. The van der Waals surface area contributed by atoms with E-state index in [2.05, 4.69) is 0 Å². The molecule has 0 aliphatic carbocycles. The number of ether oxygens (including phenoxy) is 3.